The summed E-state index contributed by atoms with van der Waals surface area (Å²) in [6.45, 7) is 0. The molecule has 27 heavy (non-hydrogen) atoms. The van der Waals surface area contributed by atoms with Gasteiger partial charge in [0.1, 0.15) is 0 Å². The van der Waals surface area contributed by atoms with Crippen LogP contribution in [-0.2, 0) is 13.1 Å². The van der Waals surface area contributed by atoms with Crippen LogP contribution >= 0.6 is 20.2 Å². The molecule has 4 aromatic rings. The largest absolute Gasteiger partial charge is 0.255 e. The van der Waals surface area contributed by atoms with Crippen molar-refractivity contribution in [1.29, 1.82) is 0 Å². The molecule has 0 amide bonds. The van der Waals surface area contributed by atoms with Crippen molar-refractivity contribution in [1.82, 2.24) is 19.9 Å². The zero-order valence-corrected chi connectivity index (χ0v) is 16.9. The van der Waals surface area contributed by atoms with Gasteiger partial charge in [-0.2, -0.15) is 0 Å². The number of rotatable bonds is 2. The van der Waals surface area contributed by atoms with Crippen LogP contribution in [0.2, 0.25) is 0 Å². The Balaban J connectivity index is 0.000000170. The predicted octanol–water partition coefficient (Wildman–Crippen LogP) is 5.66. The number of pyridine rings is 4. The molecule has 0 spiro atoms. The predicted molar refractivity (Wildman–Crippen MR) is 107 cm³/mol. The fourth-order valence-corrected chi connectivity index (χ4v) is 2.06. The molecule has 0 radical (unpaired) electrons. The van der Waals surface area contributed by atoms with Gasteiger partial charge < -0.3 is 0 Å². The van der Waals surface area contributed by atoms with E-state index in [1.165, 1.54) is 0 Å². The summed E-state index contributed by atoms with van der Waals surface area (Å²) in [5.74, 6) is 0. The summed E-state index contributed by atoms with van der Waals surface area (Å²) in [5.41, 5.74) is 3.66. The monoisotopic (exact) mass is 437 g/mol. The Bertz CT molecular complexity index is 717. The van der Waals surface area contributed by atoms with E-state index >= 15 is 0 Å². The van der Waals surface area contributed by atoms with E-state index < -0.39 is 0 Å². The second kappa shape index (κ2) is 13.0. The zero-order valence-electron chi connectivity index (χ0n) is 14.2. The maximum Gasteiger partial charge on any atom is 0.0886 e. The minimum absolute atomic E-state index is 0.00694. The van der Waals surface area contributed by atoms with Crippen molar-refractivity contribution >= 4 is 20.2 Å². The molecule has 137 valence electrons. The third kappa shape index (κ3) is 7.85. The van der Waals surface area contributed by atoms with E-state index in [0.717, 1.165) is 22.8 Å². The summed E-state index contributed by atoms with van der Waals surface area (Å²) >= 11 is 0.00694. The molecule has 0 bridgehead atoms. The van der Waals surface area contributed by atoms with Crippen LogP contribution in [-0.4, -0.2) is 19.9 Å². The third-order valence-electron chi connectivity index (χ3n) is 3.18. The summed E-state index contributed by atoms with van der Waals surface area (Å²) in [4.78, 5) is 16.7. The van der Waals surface area contributed by atoms with Crippen molar-refractivity contribution in [3.63, 3.8) is 0 Å². The molecule has 4 rings (SSSR count). The van der Waals surface area contributed by atoms with E-state index in [-0.39, 0.29) is 13.1 Å². The average molecular weight is 438 g/mol. The molecule has 0 saturated carbocycles. The van der Waals surface area contributed by atoms with Crippen LogP contribution in [0.3, 0.4) is 0 Å². The smallest absolute Gasteiger partial charge is 0.0886 e. The van der Waals surface area contributed by atoms with Crippen LogP contribution in [0.15, 0.2) is 97.6 Å². The first-order chi connectivity index (χ1) is 13.3. The Hall–Kier alpha value is -2.30. The second-order valence-corrected chi connectivity index (χ2v) is 6.86. The summed E-state index contributed by atoms with van der Waals surface area (Å²) in [6.07, 6.45) is 7.07. The molecule has 0 aliphatic carbocycles. The molecule has 0 aliphatic heterocycles. The van der Waals surface area contributed by atoms with E-state index in [2.05, 4.69) is 19.9 Å². The van der Waals surface area contributed by atoms with Crippen molar-refractivity contribution < 1.29 is 13.1 Å². The first-order valence-electron chi connectivity index (χ1n) is 7.87. The van der Waals surface area contributed by atoms with Gasteiger partial charge in [-0.1, -0.05) is 24.3 Å². The Labute approximate surface area is 173 Å². The zero-order chi connectivity index (χ0) is 19.2. The quantitative estimate of drug-likeness (QED) is 0.379. The van der Waals surface area contributed by atoms with Gasteiger partial charge in [0.15, 0.2) is 0 Å². The summed E-state index contributed by atoms with van der Waals surface area (Å²) in [5, 5.41) is 0. The van der Waals surface area contributed by atoms with Gasteiger partial charge in [0, 0.05) is 24.8 Å². The summed E-state index contributed by atoms with van der Waals surface area (Å²) in [7, 11) is 9.59. The minimum atomic E-state index is 0.00694. The van der Waals surface area contributed by atoms with Crippen LogP contribution in [0, 0.1) is 0 Å². The van der Waals surface area contributed by atoms with Crippen molar-refractivity contribution in [3.05, 3.63) is 97.6 Å². The molecule has 4 nitrogen and oxygen atoms in total. The number of nitrogens with zero attached hydrogens (tertiary/aromatic N) is 4. The summed E-state index contributed by atoms with van der Waals surface area (Å²) in [6, 6.07) is 23.2. The summed E-state index contributed by atoms with van der Waals surface area (Å²) < 4.78 is 0. The van der Waals surface area contributed by atoms with Crippen molar-refractivity contribution in [2.24, 2.45) is 0 Å². The van der Waals surface area contributed by atoms with E-state index in [9.17, 15) is 0 Å². The van der Waals surface area contributed by atoms with Crippen LogP contribution in [0.5, 0.6) is 0 Å². The van der Waals surface area contributed by atoms with E-state index in [0.29, 0.717) is 0 Å². The molecule has 7 heteroatoms. The first kappa shape index (κ1) is 21.0. The Morgan fingerprint density at radius 1 is 0.444 bits per heavy atom. The van der Waals surface area contributed by atoms with Crippen LogP contribution < -0.4 is 0 Å². The fourth-order valence-electron chi connectivity index (χ4n) is 2.06. The van der Waals surface area contributed by atoms with Gasteiger partial charge in [0.25, 0.3) is 0 Å². The van der Waals surface area contributed by atoms with Gasteiger partial charge >= 0.3 is 33.3 Å². The maximum atomic E-state index is 4.80. The van der Waals surface area contributed by atoms with Gasteiger partial charge in [0.2, 0.25) is 0 Å². The maximum absolute atomic E-state index is 4.80. The van der Waals surface area contributed by atoms with Crippen molar-refractivity contribution in [3.8, 4) is 22.8 Å². The molecular weight excluding hydrogens is 422 g/mol. The molecule has 0 N–H and O–H groups in total. The van der Waals surface area contributed by atoms with E-state index in [4.69, 9.17) is 20.2 Å². The number of aromatic nitrogens is 4. The fraction of sp³-hybridized carbons (Fsp3) is 0. The Morgan fingerprint density at radius 3 is 0.815 bits per heavy atom. The van der Waals surface area contributed by atoms with Gasteiger partial charge in [-0.3, -0.25) is 19.9 Å². The molecule has 0 aliphatic rings. The van der Waals surface area contributed by atoms with E-state index in [1.807, 2.05) is 72.8 Å². The van der Waals surface area contributed by atoms with Crippen molar-refractivity contribution in [2.45, 2.75) is 0 Å². The number of hydrogen-bond donors (Lipinski definition) is 0. The molecule has 4 aromatic heterocycles. The first-order valence-corrected chi connectivity index (χ1v) is 11.1. The van der Waals surface area contributed by atoms with Crippen LogP contribution in [0.25, 0.3) is 22.8 Å². The van der Waals surface area contributed by atoms with Gasteiger partial charge in [-0.15, -0.1) is 0 Å². The SMILES string of the molecule is [Cl][Mn][Cl].c1ccc(-c2ccccn2)nc1.c1ccc(-c2ccccn2)nc1. The van der Waals surface area contributed by atoms with Gasteiger partial charge in [-0.05, 0) is 48.5 Å². The normalized spacial score (nSPS) is 9.26. The van der Waals surface area contributed by atoms with Gasteiger partial charge in [-0.25, -0.2) is 0 Å². The van der Waals surface area contributed by atoms with E-state index in [1.54, 1.807) is 24.8 Å². The third-order valence-corrected chi connectivity index (χ3v) is 3.18. The Kier molecular flexibility index (Phi) is 10.1. The minimum Gasteiger partial charge on any atom is -0.255 e. The molecule has 0 unspecified atom stereocenters. The number of hydrogen-bond acceptors (Lipinski definition) is 4. The van der Waals surface area contributed by atoms with Crippen LogP contribution in [0.1, 0.15) is 0 Å². The molecule has 4 heterocycles. The van der Waals surface area contributed by atoms with Gasteiger partial charge in [0.05, 0.1) is 22.8 Å². The molecule has 0 saturated heterocycles. The topological polar surface area (TPSA) is 51.6 Å². The standard InChI is InChI=1S/2C10H8N2.2ClH.Mn/c2*1-3-7-11-9(5-1)10-6-2-4-8-12-10;;;/h2*1-8H;2*1H;/q;;;;+2/p-2. The molecule has 0 fully saturated rings. The average Bonchev–Trinajstić information content (AvgIpc) is 2.77. The molecule has 0 atom stereocenters. The Morgan fingerprint density at radius 2 is 0.667 bits per heavy atom. The second-order valence-electron chi connectivity index (χ2n) is 4.91. The van der Waals surface area contributed by atoms with Crippen LogP contribution in [0.4, 0.5) is 0 Å². The molecule has 0 aromatic carbocycles. The molecular formula is C20H16Cl2MnN4. The van der Waals surface area contributed by atoms with Crippen molar-refractivity contribution in [2.75, 3.05) is 0 Å². The number of halogens is 2.